The number of carbonyl (C=O) groups excluding carboxylic acids is 1. The number of aryl methyl sites for hydroxylation is 1. The summed E-state index contributed by atoms with van der Waals surface area (Å²) in [4.78, 5) is 12.4. The summed E-state index contributed by atoms with van der Waals surface area (Å²) in [6, 6.07) is 12.7. The van der Waals surface area contributed by atoms with Gasteiger partial charge in [0.15, 0.2) is 0 Å². The van der Waals surface area contributed by atoms with Crippen LogP contribution in [-0.2, 0) is 16.0 Å². The van der Waals surface area contributed by atoms with Crippen molar-refractivity contribution < 1.29 is 32.2 Å². The van der Waals surface area contributed by atoms with Crippen molar-refractivity contribution in [3.63, 3.8) is 0 Å². The molecule has 2 unspecified atom stereocenters. The zero-order valence-electron chi connectivity index (χ0n) is 21.9. The molecule has 0 aliphatic heterocycles. The van der Waals surface area contributed by atoms with E-state index in [-0.39, 0.29) is 18.0 Å². The van der Waals surface area contributed by atoms with Crippen molar-refractivity contribution in [3.05, 3.63) is 60.7 Å². The SMILES string of the molecule is C=CC(=O)OC1CCC(Oc2ccc3cc(-c4ccc(CCCCC)cc4OC(F)(F)F)sc3c2)C1(C)C. The number of hydrogen-bond donors (Lipinski definition) is 0. The first-order valence-corrected chi connectivity index (χ1v) is 13.7. The van der Waals surface area contributed by atoms with Gasteiger partial charge < -0.3 is 14.2 Å². The molecule has 1 fully saturated rings. The van der Waals surface area contributed by atoms with E-state index in [1.165, 1.54) is 17.4 Å². The highest BCUT2D eigenvalue weighted by Gasteiger charge is 2.47. The lowest BCUT2D eigenvalue weighted by Gasteiger charge is -2.32. The molecule has 0 radical (unpaired) electrons. The molecule has 0 saturated heterocycles. The first kappa shape index (κ1) is 28.0. The van der Waals surface area contributed by atoms with Crippen LogP contribution in [0.5, 0.6) is 11.5 Å². The topological polar surface area (TPSA) is 44.8 Å². The minimum Gasteiger partial charge on any atom is -0.490 e. The summed E-state index contributed by atoms with van der Waals surface area (Å²) in [6.45, 7) is 9.58. The van der Waals surface area contributed by atoms with Crippen LogP contribution in [0.2, 0.25) is 0 Å². The number of esters is 1. The third kappa shape index (κ3) is 6.52. The molecule has 4 rings (SSSR count). The molecule has 2 aromatic carbocycles. The van der Waals surface area contributed by atoms with Crippen molar-refractivity contribution in [1.82, 2.24) is 0 Å². The van der Waals surface area contributed by atoms with E-state index in [1.807, 2.05) is 44.2 Å². The molecule has 1 heterocycles. The molecular weight excluding hydrogens is 513 g/mol. The second kappa shape index (κ2) is 11.4. The van der Waals surface area contributed by atoms with Crippen LogP contribution in [0.4, 0.5) is 13.2 Å². The van der Waals surface area contributed by atoms with Crippen LogP contribution < -0.4 is 9.47 Å². The van der Waals surface area contributed by atoms with Gasteiger partial charge in [0.05, 0.1) is 0 Å². The maximum absolute atomic E-state index is 13.2. The highest BCUT2D eigenvalue weighted by Crippen LogP contribution is 2.44. The molecule has 204 valence electrons. The van der Waals surface area contributed by atoms with Gasteiger partial charge in [0.1, 0.15) is 23.7 Å². The molecule has 4 nitrogen and oxygen atoms in total. The third-order valence-electron chi connectivity index (χ3n) is 7.15. The van der Waals surface area contributed by atoms with Crippen molar-refractivity contribution in [2.45, 2.75) is 77.9 Å². The molecule has 1 aliphatic rings. The Morgan fingerprint density at radius 2 is 1.87 bits per heavy atom. The number of halogens is 3. The fourth-order valence-electron chi connectivity index (χ4n) is 4.96. The highest BCUT2D eigenvalue weighted by atomic mass is 32.1. The quantitative estimate of drug-likeness (QED) is 0.145. The van der Waals surface area contributed by atoms with Crippen molar-refractivity contribution in [1.29, 1.82) is 0 Å². The minimum absolute atomic E-state index is 0.158. The van der Waals surface area contributed by atoms with E-state index >= 15 is 0 Å². The van der Waals surface area contributed by atoms with Crippen LogP contribution in [-0.4, -0.2) is 24.5 Å². The second-order valence-corrected chi connectivity index (χ2v) is 11.4. The molecule has 0 amide bonds. The molecule has 1 saturated carbocycles. The third-order valence-corrected chi connectivity index (χ3v) is 8.28. The van der Waals surface area contributed by atoms with E-state index in [9.17, 15) is 18.0 Å². The van der Waals surface area contributed by atoms with E-state index in [1.54, 1.807) is 6.07 Å². The van der Waals surface area contributed by atoms with Crippen LogP contribution in [0.1, 0.15) is 58.4 Å². The minimum atomic E-state index is -4.78. The van der Waals surface area contributed by atoms with Crippen molar-refractivity contribution >= 4 is 27.4 Å². The fourth-order valence-corrected chi connectivity index (χ4v) is 6.08. The molecular formula is C30H33F3O4S. The fraction of sp³-hybridized carbons (Fsp3) is 0.433. The van der Waals surface area contributed by atoms with Gasteiger partial charge in [-0.2, -0.15) is 0 Å². The number of thiophene rings is 1. The van der Waals surface area contributed by atoms with E-state index in [0.29, 0.717) is 29.0 Å². The first-order valence-electron chi connectivity index (χ1n) is 12.9. The summed E-state index contributed by atoms with van der Waals surface area (Å²) in [5, 5.41) is 0.908. The Bertz CT molecular complexity index is 1290. The highest BCUT2D eigenvalue weighted by molar-refractivity contribution is 7.22. The summed E-state index contributed by atoms with van der Waals surface area (Å²) in [7, 11) is 0. The lowest BCUT2D eigenvalue weighted by molar-refractivity contribution is -0.274. The van der Waals surface area contributed by atoms with Crippen LogP contribution in [0.3, 0.4) is 0 Å². The summed E-state index contributed by atoms with van der Waals surface area (Å²) >= 11 is 1.39. The van der Waals surface area contributed by atoms with Crippen LogP contribution in [0.25, 0.3) is 20.5 Å². The predicted molar refractivity (Wildman–Crippen MR) is 145 cm³/mol. The van der Waals surface area contributed by atoms with E-state index in [0.717, 1.165) is 47.4 Å². The van der Waals surface area contributed by atoms with Crippen molar-refractivity contribution in [2.75, 3.05) is 0 Å². The van der Waals surface area contributed by atoms with Crippen molar-refractivity contribution in [2.24, 2.45) is 5.41 Å². The molecule has 1 aromatic heterocycles. The zero-order valence-corrected chi connectivity index (χ0v) is 22.7. The number of fused-ring (bicyclic) bond motifs is 1. The molecule has 3 aromatic rings. The average molecular weight is 547 g/mol. The van der Waals surface area contributed by atoms with E-state index in [2.05, 4.69) is 18.2 Å². The van der Waals surface area contributed by atoms with E-state index in [4.69, 9.17) is 9.47 Å². The van der Waals surface area contributed by atoms with Gasteiger partial charge in [-0.15, -0.1) is 24.5 Å². The second-order valence-electron chi connectivity index (χ2n) is 10.3. The molecule has 2 atom stereocenters. The summed E-state index contributed by atoms with van der Waals surface area (Å²) < 4.78 is 56.9. The summed E-state index contributed by atoms with van der Waals surface area (Å²) in [5.74, 6) is 0.0409. The average Bonchev–Trinajstić information content (AvgIpc) is 3.38. The van der Waals surface area contributed by atoms with E-state index < -0.39 is 17.7 Å². The maximum Gasteiger partial charge on any atom is 0.573 e. The normalized spacial score (nSPS) is 18.9. The Hall–Kier alpha value is -3.00. The summed E-state index contributed by atoms with van der Waals surface area (Å²) in [5.41, 5.74) is 0.847. The van der Waals surface area contributed by atoms with Gasteiger partial charge >= 0.3 is 12.3 Å². The molecule has 1 aliphatic carbocycles. The Labute approximate surface area is 225 Å². The largest absolute Gasteiger partial charge is 0.573 e. The van der Waals surface area contributed by atoms with Gasteiger partial charge in [0.2, 0.25) is 0 Å². The number of rotatable bonds is 10. The number of unbranched alkanes of at least 4 members (excludes halogenated alkanes) is 2. The van der Waals surface area contributed by atoms with Crippen LogP contribution in [0, 0.1) is 5.41 Å². The first-order chi connectivity index (χ1) is 18.0. The van der Waals surface area contributed by atoms with Crippen LogP contribution in [0.15, 0.2) is 55.1 Å². The van der Waals surface area contributed by atoms with Crippen molar-refractivity contribution in [3.8, 4) is 21.9 Å². The summed E-state index contributed by atoms with van der Waals surface area (Å²) in [6.07, 6.45) is 1.08. The molecule has 0 spiro atoms. The number of hydrogen-bond acceptors (Lipinski definition) is 5. The van der Waals surface area contributed by atoms with Gasteiger partial charge in [0, 0.05) is 26.6 Å². The number of alkyl halides is 3. The van der Waals surface area contributed by atoms with Gasteiger partial charge in [-0.05, 0) is 73.0 Å². The Balaban J connectivity index is 1.57. The van der Waals surface area contributed by atoms with Crippen LogP contribution >= 0.6 is 11.3 Å². The number of benzene rings is 2. The molecule has 8 heteroatoms. The number of ether oxygens (including phenoxy) is 3. The Morgan fingerprint density at radius 1 is 1.11 bits per heavy atom. The smallest absolute Gasteiger partial charge is 0.490 e. The lowest BCUT2D eigenvalue weighted by Crippen LogP contribution is -2.38. The zero-order chi connectivity index (χ0) is 27.5. The van der Waals surface area contributed by atoms with Gasteiger partial charge in [-0.25, -0.2) is 4.79 Å². The van der Waals surface area contributed by atoms with Gasteiger partial charge in [-0.1, -0.05) is 46.3 Å². The molecule has 0 bridgehead atoms. The maximum atomic E-state index is 13.2. The Kier molecular flexibility index (Phi) is 8.40. The van der Waals surface area contributed by atoms with Gasteiger partial charge in [0.25, 0.3) is 0 Å². The van der Waals surface area contributed by atoms with Gasteiger partial charge in [-0.3, -0.25) is 0 Å². The lowest BCUT2D eigenvalue weighted by atomic mass is 9.87. The molecule has 0 N–H and O–H groups in total. The predicted octanol–water partition coefficient (Wildman–Crippen LogP) is 8.86. The molecule has 38 heavy (non-hydrogen) atoms. The number of carbonyl (C=O) groups is 1. The standard InChI is InChI=1S/C30H33F3O4S/c1-5-7-8-9-19-10-13-22(23(16-19)37-30(31,32)33)25-17-20-11-12-21(18-24(20)38-25)35-26-14-15-27(29(26,3)4)36-28(34)6-2/h6,10-13,16-18,26-27H,2,5,7-9,14-15H2,1,3-4H3. The monoisotopic (exact) mass is 546 g/mol. The Morgan fingerprint density at radius 3 is 2.58 bits per heavy atom.